The van der Waals surface area contributed by atoms with Crippen LogP contribution >= 0.6 is 11.3 Å². The lowest BCUT2D eigenvalue weighted by Gasteiger charge is -2.36. The first-order chi connectivity index (χ1) is 13.8. The van der Waals surface area contributed by atoms with Gasteiger partial charge in [0.25, 0.3) is 5.91 Å². The molecule has 1 fully saturated rings. The third-order valence-corrected chi connectivity index (χ3v) is 6.17. The Hall–Kier alpha value is -3.12. The number of fused-ring (bicyclic) bond motifs is 1. The Morgan fingerprint density at radius 1 is 0.893 bits per heavy atom. The molecule has 140 valence electrons. The van der Waals surface area contributed by atoms with Gasteiger partial charge in [-0.05, 0) is 42.5 Å². The molecule has 28 heavy (non-hydrogen) atoms. The van der Waals surface area contributed by atoms with Crippen LogP contribution in [0.25, 0.3) is 15.3 Å². The maximum atomic E-state index is 13.0. The number of nitrogens with zero attached hydrogens (tertiary/aromatic N) is 4. The van der Waals surface area contributed by atoms with Gasteiger partial charge in [0, 0.05) is 49.8 Å². The van der Waals surface area contributed by atoms with Crippen molar-refractivity contribution in [2.45, 2.75) is 0 Å². The zero-order valence-electron chi connectivity index (χ0n) is 15.4. The third-order valence-electron chi connectivity index (χ3n) is 5.14. The Bertz CT molecular complexity index is 1100. The van der Waals surface area contributed by atoms with E-state index in [-0.39, 0.29) is 5.91 Å². The molecule has 0 unspecified atom stereocenters. The maximum absolute atomic E-state index is 13.0. The van der Waals surface area contributed by atoms with Gasteiger partial charge in [-0.1, -0.05) is 29.5 Å². The molecule has 6 heteroatoms. The lowest BCUT2D eigenvalue weighted by Crippen LogP contribution is -2.48. The molecule has 1 aliphatic rings. The zero-order chi connectivity index (χ0) is 18.9. The summed E-state index contributed by atoms with van der Waals surface area (Å²) >= 11 is 1.60. The Balaban J connectivity index is 1.32. The van der Waals surface area contributed by atoms with Gasteiger partial charge in [0.1, 0.15) is 0 Å². The summed E-state index contributed by atoms with van der Waals surface area (Å²) in [6.45, 7) is 3.19. The van der Waals surface area contributed by atoms with Crippen LogP contribution in [0.2, 0.25) is 0 Å². The average molecular weight is 388 g/mol. The highest BCUT2D eigenvalue weighted by Gasteiger charge is 2.22. The van der Waals surface area contributed by atoms with Crippen LogP contribution in [-0.4, -0.2) is 46.5 Å². The second-order valence-corrected chi connectivity index (χ2v) is 7.89. The Morgan fingerprint density at radius 3 is 2.39 bits per heavy atom. The molecule has 2 aromatic heterocycles. The van der Waals surface area contributed by atoms with E-state index in [0.717, 1.165) is 47.1 Å². The van der Waals surface area contributed by atoms with Crippen molar-refractivity contribution in [3.8, 4) is 5.13 Å². The lowest BCUT2D eigenvalue weighted by atomic mass is 10.1. The molecule has 0 bridgehead atoms. The van der Waals surface area contributed by atoms with Gasteiger partial charge in [-0.2, -0.15) is 0 Å². The van der Waals surface area contributed by atoms with E-state index in [0.29, 0.717) is 0 Å². The van der Waals surface area contributed by atoms with E-state index in [9.17, 15) is 4.79 Å². The smallest absolute Gasteiger partial charge is 0.254 e. The normalized spacial score (nSPS) is 14.6. The van der Waals surface area contributed by atoms with Crippen molar-refractivity contribution in [1.82, 2.24) is 14.5 Å². The predicted octanol–water partition coefficient (Wildman–Crippen LogP) is 4.05. The molecule has 2 aromatic carbocycles. The van der Waals surface area contributed by atoms with Crippen molar-refractivity contribution in [2.75, 3.05) is 31.1 Å². The molecule has 4 aromatic rings. The summed E-state index contributed by atoms with van der Waals surface area (Å²) in [5.41, 5.74) is 2.89. The molecule has 5 nitrogen and oxygen atoms in total. The highest BCUT2D eigenvalue weighted by atomic mass is 32.1. The summed E-state index contributed by atoms with van der Waals surface area (Å²) in [6, 6.07) is 20.2. The fraction of sp³-hybridized carbons (Fsp3) is 0.182. The highest BCUT2D eigenvalue weighted by Crippen LogP contribution is 2.27. The maximum Gasteiger partial charge on any atom is 0.254 e. The molecule has 0 spiro atoms. The van der Waals surface area contributed by atoms with Gasteiger partial charge >= 0.3 is 0 Å². The monoisotopic (exact) mass is 388 g/mol. The minimum atomic E-state index is 0.102. The van der Waals surface area contributed by atoms with Crippen molar-refractivity contribution in [2.24, 2.45) is 0 Å². The van der Waals surface area contributed by atoms with Gasteiger partial charge in [0.2, 0.25) is 0 Å². The van der Waals surface area contributed by atoms with Crippen LogP contribution in [0, 0.1) is 0 Å². The van der Waals surface area contributed by atoms with E-state index in [1.165, 1.54) is 5.69 Å². The number of carbonyl (C=O) groups excluding carboxylic acids is 1. The highest BCUT2D eigenvalue weighted by molar-refractivity contribution is 7.20. The molecule has 1 aliphatic heterocycles. The van der Waals surface area contributed by atoms with Gasteiger partial charge in [-0.15, -0.1) is 0 Å². The number of benzene rings is 2. The van der Waals surface area contributed by atoms with Crippen molar-refractivity contribution in [3.05, 3.63) is 78.6 Å². The fourth-order valence-corrected chi connectivity index (χ4v) is 4.58. The van der Waals surface area contributed by atoms with E-state index in [4.69, 9.17) is 0 Å². The van der Waals surface area contributed by atoms with Gasteiger partial charge < -0.3 is 14.4 Å². The summed E-state index contributed by atoms with van der Waals surface area (Å²) < 4.78 is 3.03. The first-order valence-corrected chi connectivity index (χ1v) is 10.2. The summed E-state index contributed by atoms with van der Waals surface area (Å²) in [7, 11) is 0. The van der Waals surface area contributed by atoms with Crippen molar-refractivity contribution in [1.29, 1.82) is 0 Å². The van der Waals surface area contributed by atoms with Crippen molar-refractivity contribution in [3.63, 3.8) is 0 Å². The van der Waals surface area contributed by atoms with Crippen LogP contribution in [0.3, 0.4) is 0 Å². The minimum absolute atomic E-state index is 0.102. The Morgan fingerprint density at radius 2 is 1.64 bits per heavy atom. The van der Waals surface area contributed by atoms with Gasteiger partial charge in [-0.25, -0.2) is 4.98 Å². The van der Waals surface area contributed by atoms with Crippen LogP contribution in [0.1, 0.15) is 10.4 Å². The van der Waals surface area contributed by atoms with E-state index in [2.05, 4.69) is 34.1 Å². The van der Waals surface area contributed by atoms with Gasteiger partial charge in [-0.3, -0.25) is 4.79 Å². The number of hydrogen-bond acceptors (Lipinski definition) is 4. The first kappa shape index (κ1) is 17.0. The summed E-state index contributed by atoms with van der Waals surface area (Å²) in [6.07, 6.45) is 3.96. The van der Waals surface area contributed by atoms with Crippen LogP contribution in [-0.2, 0) is 0 Å². The summed E-state index contributed by atoms with van der Waals surface area (Å²) in [4.78, 5) is 22.0. The fourth-order valence-electron chi connectivity index (χ4n) is 3.61. The van der Waals surface area contributed by atoms with Gasteiger partial charge in [0.05, 0.1) is 10.2 Å². The largest absolute Gasteiger partial charge is 0.368 e. The van der Waals surface area contributed by atoms with Crippen LogP contribution in [0.4, 0.5) is 5.69 Å². The number of piperazine rings is 1. The number of para-hydroxylation sites is 1. The number of aromatic nitrogens is 2. The third kappa shape index (κ3) is 3.16. The SMILES string of the molecule is O=C(c1ccc2nc(-n3cccc3)sc2c1)N1CCN(c2ccccc2)CC1. The Kier molecular flexibility index (Phi) is 4.33. The van der Waals surface area contributed by atoms with Crippen molar-refractivity contribution < 1.29 is 4.79 Å². The molecule has 0 N–H and O–H groups in total. The van der Waals surface area contributed by atoms with E-state index in [1.54, 1.807) is 11.3 Å². The number of carbonyl (C=O) groups is 1. The van der Waals surface area contributed by atoms with Crippen LogP contribution in [0.15, 0.2) is 73.1 Å². The summed E-state index contributed by atoms with van der Waals surface area (Å²) in [5.74, 6) is 0.102. The van der Waals surface area contributed by atoms with Crippen LogP contribution in [0.5, 0.6) is 0 Å². The molecular weight excluding hydrogens is 368 g/mol. The molecule has 0 radical (unpaired) electrons. The van der Waals surface area contributed by atoms with E-state index < -0.39 is 0 Å². The number of thiazole rings is 1. The Labute approximate surface area is 167 Å². The number of rotatable bonds is 3. The summed E-state index contributed by atoms with van der Waals surface area (Å²) in [5, 5.41) is 0.918. The molecule has 0 atom stereocenters. The quantitative estimate of drug-likeness (QED) is 0.532. The molecule has 3 heterocycles. The average Bonchev–Trinajstić information content (AvgIpc) is 3.43. The molecule has 1 saturated heterocycles. The van der Waals surface area contributed by atoms with E-state index in [1.807, 2.05) is 58.3 Å². The molecule has 5 rings (SSSR count). The standard InChI is InChI=1S/C22H20N4OS/c27-21(25-14-12-24(13-15-25)18-6-2-1-3-7-18)17-8-9-19-20(16-17)28-22(23-19)26-10-4-5-11-26/h1-11,16H,12-15H2. The first-order valence-electron chi connectivity index (χ1n) is 9.41. The number of hydrogen-bond donors (Lipinski definition) is 0. The molecular formula is C22H20N4OS. The molecule has 0 aliphatic carbocycles. The van der Waals surface area contributed by atoms with E-state index >= 15 is 0 Å². The van der Waals surface area contributed by atoms with Crippen LogP contribution < -0.4 is 4.90 Å². The topological polar surface area (TPSA) is 41.4 Å². The lowest BCUT2D eigenvalue weighted by molar-refractivity contribution is 0.0747. The van der Waals surface area contributed by atoms with Crippen molar-refractivity contribution >= 4 is 33.1 Å². The number of amides is 1. The molecule has 1 amide bonds. The zero-order valence-corrected chi connectivity index (χ0v) is 16.2. The minimum Gasteiger partial charge on any atom is -0.368 e. The number of anilines is 1. The second-order valence-electron chi connectivity index (χ2n) is 6.88. The molecule has 0 saturated carbocycles. The predicted molar refractivity (Wildman–Crippen MR) is 114 cm³/mol. The van der Waals surface area contributed by atoms with Gasteiger partial charge in [0.15, 0.2) is 5.13 Å². The second kappa shape index (κ2) is 7.13.